The second-order valence-corrected chi connectivity index (χ2v) is 7.56. The number of aliphatic hydroxyl groups excluding tert-OH is 1. The van der Waals surface area contributed by atoms with E-state index in [4.69, 9.17) is 9.90 Å². The molecule has 1 amide bonds. The number of likely N-dealkylation sites (tertiary alicyclic amines) is 1. The fraction of sp³-hybridized carbons (Fsp3) is 0.333. The van der Waals surface area contributed by atoms with E-state index in [9.17, 15) is 23.1 Å². The highest BCUT2D eigenvalue weighted by atomic mass is 19.4. The lowest BCUT2D eigenvalue weighted by Gasteiger charge is -2.10. The zero-order chi connectivity index (χ0) is 24.2. The summed E-state index contributed by atoms with van der Waals surface area (Å²) in [6, 6.07) is 11.3. The van der Waals surface area contributed by atoms with E-state index in [-0.39, 0.29) is 12.0 Å². The summed E-state index contributed by atoms with van der Waals surface area (Å²) in [7, 11) is 0. The summed E-state index contributed by atoms with van der Waals surface area (Å²) in [6.45, 7) is 4.22. The lowest BCUT2D eigenvalue weighted by molar-refractivity contribution is -0.902. The van der Waals surface area contributed by atoms with Gasteiger partial charge in [0.25, 0.3) is 5.91 Å². The van der Waals surface area contributed by atoms with E-state index in [1.54, 1.807) is 6.07 Å². The number of pyridine rings is 2. The van der Waals surface area contributed by atoms with Crippen molar-refractivity contribution in [3.63, 3.8) is 0 Å². The van der Waals surface area contributed by atoms with Gasteiger partial charge in [-0.05, 0) is 31.2 Å². The summed E-state index contributed by atoms with van der Waals surface area (Å²) in [6.07, 6.45) is -2.78. The number of hydrogen-bond donors (Lipinski definition) is 3. The van der Waals surface area contributed by atoms with Crippen molar-refractivity contribution in [3.8, 4) is 0 Å². The molecule has 3 N–H and O–H groups in total. The van der Waals surface area contributed by atoms with Crippen molar-refractivity contribution < 1.29 is 37.9 Å². The standard InChI is InChI=1S/C19H21N5O2.C2HF3O2/c1-13-5-4-7-17(20-13)22-19(26)18-21-15(12-23-10-8-14(25)11-23)16-6-2-3-9-24(16)18;3-2(4,5)1(6)7/h2-7,9,14,25H,8,10-12H2,1H3,(H,20,22,26);(H,6,7). The molecule has 1 aliphatic rings. The van der Waals surface area contributed by atoms with E-state index >= 15 is 0 Å². The lowest BCUT2D eigenvalue weighted by atomic mass is 10.3. The number of alkyl halides is 3. The first-order valence-electron chi connectivity index (χ1n) is 10.1. The highest BCUT2D eigenvalue weighted by molar-refractivity contribution is 6.02. The molecule has 0 bridgehead atoms. The number of hydrogen-bond acceptors (Lipinski definition) is 6. The first-order chi connectivity index (χ1) is 15.5. The minimum atomic E-state index is -5.19. The van der Waals surface area contributed by atoms with Crippen molar-refractivity contribution in [2.45, 2.75) is 32.2 Å². The molecule has 0 radical (unpaired) electrons. The van der Waals surface area contributed by atoms with E-state index in [0.29, 0.717) is 18.2 Å². The summed E-state index contributed by atoms with van der Waals surface area (Å²) in [5.41, 5.74) is 2.63. The van der Waals surface area contributed by atoms with Crippen LogP contribution in [0.5, 0.6) is 0 Å². The number of imidazole rings is 1. The molecule has 1 saturated heterocycles. The van der Waals surface area contributed by atoms with Gasteiger partial charge in [-0.15, -0.1) is 0 Å². The summed E-state index contributed by atoms with van der Waals surface area (Å²) in [5.74, 6) is -2.44. The molecule has 176 valence electrons. The Bertz CT molecular complexity index is 1150. The van der Waals surface area contributed by atoms with E-state index < -0.39 is 12.1 Å². The molecule has 1 aliphatic heterocycles. The fourth-order valence-corrected chi connectivity index (χ4v) is 3.48. The molecule has 2 unspecified atom stereocenters. The van der Waals surface area contributed by atoms with Crippen molar-refractivity contribution in [2.24, 2.45) is 0 Å². The average Bonchev–Trinajstić information content (AvgIpc) is 3.32. The van der Waals surface area contributed by atoms with E-state index in [1.165, 1.54) is 4.90 Å². The molecular weight excluding hydrogens is 443 g/mol. The molecule has 4 heterocycles. The topological polar surface area (TPSA) is 124 Å². The van der Waals surface area contributed by atoms with Gasteiger partial charge in [0.05, 0.1) is 12.1 Å². The Balaban J connectivity index is 0.000000383. The molecule has 33 heavy (non-hydrogen) atoms. The number of amides is 1. The van der Waals surface area contributed by atoms with Crippen LogP contribution in [0.25, 0.3) is 5.52 Å². The lowest BCUT2D eigenvalue weighted by Crippen LogP contribution is -3.09. The summed E-state index contributed by atoms with van der Waals surface area (Å²) in [5, 5.41) is 21.4. The van der Waals surface area contributed by atoms with Crippen LogP contribution in [-0.4, -0.2) is 56.7 Å². The van der Waals surface area contributed by atoms with Crippen molar-refractivity contribution in [2.75, 3.05) is 18.4 Å². The zero-order valence-electron chi connectivity index (χ0n) is 17.6. The first-order valence-corrected chi connectivity index (χ1v) is 10.1. The smallest absolute Gasteiger partial charge is 0.430 e. The predicted octanol–water partition coefficient (Wildman–Crippen LogP) is -0.262. The maximum absolute atomic E-state index is 12.8. The van der Waals surface area contributed by atoms with Crippen LogP contribution < -0.4 is 15.3 Å². The van der Waals surface area contributed by atoms with Gasteiger partial charge >= 0.3 is 6.18 Å². The van der Waals surface area contributed by atoms with Crippen molar-refractivity contribution >= 4 is 23.2 Å². The summed E-state index contributed by atoms with van der Waals surface area (Å²) in [4.78, 5) is 31.8. The van der Waals surface area contributed by atoms with E-state index in [2.05, 4.69) is 15.3 Å². The van der Waals surface area contributed by atoms with Gasteiger partial charge in [-0.1, -0.05) is 12.1 Å². The number of quaternary nitrogens is 1. The first kappa shape index (κ1) is 24.1. The van der Waals surface area contributed by atoms with Crippen LogP contribution in [0.1, 0.15) is 28.4 Å². The predicted molar refractivity (Wildman–Crippen MR) is 108 cm³/mol. The number of carbonyl (C=O) groups excluding carboxylic acids is 2. The van der Waals surface area contributed by atoms with Crippen molar-refractivity contribution in [3.05, 3.63) is 59.8 Å². The molecule has 0 saturated carbocycles. The second kappa shape index (κ2) is 9.96. The maximum atomic E-state index is 12.8. The van der Waals surface area contributed by atoms with Crippen molar-refractivity contribution in [1.29, 1.82) is 0 Å². The Kier molecular flexibility index (Phi) is 7.29. The van der Waals surface area contributed by atoms with Crippen LogP contribution in [0.4, 0.5) is 19.0 Å². The summed E-state index contributed by atoms with van der Waals surface area (Å²) >= 11 is 0. The molecule has 3 aromatic heterocycles. The third kappa shape index (κ3) is 6.26. The van der Waals surface area contributed by atoms with Gasteiger partial charge in [-0.2, -0.15) is 13.2 Å². The second-order valence-electron chi connectivity index (χ2n) is 7.56. The van der Waals surface area contributed by atoms with Crippen LogP contribution in [0.15, 0.2) is 42.6 Å². The minimum absolute atomic E-state index is 0.242. The third-order valence-corrected chi connectivity index (χ3v) is 4.96. The number of nitrogens with one attached hydrogen (secondary N) is 2. The number of anilines is 1. The van der Waals surface area contributed by atoms with Crippen molar-refractivity contribution in [1.82, 2.24) is 14.4 Å². The Labute approximate surface area is 186 Å². The molecule has 3 aromatic rings. The number of aliphatic carboxylic acids is 1. The maximum Gasteiger partial charge on any atom is 0.430 e. The van der Waals surface area contributed by atoms with Gasteiger partial charge < -0.3 is 25.2 Å². The molecule has 4 rings (SSSR count). The molecule has 9 nitrogen and oxygen atoms in total. The number of aryl methyl sites for hydroxylation is 1. The van der Waals surface area contributed by atoms with Crippen LogP contribution in [-0.2, 0) is 11.3 Å². The highest BCUT2D eigenvalue weighted by Crippen LogP contribution is 2.15. The molecular formula is C21H22F3N5O4. The van der Waals surface area contributed by atoms with Gasteiger partial charge in [0.2, 0.25) is 5.82 Å². The molecule has 0 aromatic carbocycles. The van der Waals surface area contributed by atoms with Crippen LogP contribution in [0, 0.1) is 6.92 Å². The number of nitrogens with zero attached hydrogens (tertiary/aromatic N) is 3. The Morgan fingerprint density at radius 2 is 1.97 bits per heavy atom. The normalized spacial score (nSPS) is 18.0. The van der Waals surface area contributed by atoms with E-state index in [0.717, 1.165) is 36.4 Å². The molecule has 1 fully saturated rings. The number of fused-ring (bicyclic) bond motifs is 1. The summed E-state index contributed by atoms with van der Waals surface area (Å²) < 4.78 is 33.4. The molecule has 12 heteroatoms. The molecule has 0 aliphatic carbocycles. The fourth-order valence-electron chi connectivity index (χ4n) is 3.48. The number of carboxylic acid groups (broad SMARTS) is 1. The minimum Gasteiger partial charge on any atom is -0.542 e. The number of carbonyl (C=O) groups is 2. The van der Waals surface area contributed by atoms with Gasteiger partial charge in [-0.3, -0.25) is 9.20 Å². The Hall–Kier alpha value is -3.51. The van der Waals surface area contributed by atoms with Crippen LogP contribution >= 0.6 is 0 Å². The van der Waals surface area contributed by atoms with Crippen LogP contribution in [0.2, 0.25) is 0 Å². The number of aromatic nitrogens is 3. The number of halogens is 3. The monoisotopic (exact) mass is 465 g/mol. The number of aliphatic hydroxyl groups is 1. The van der Waals surface area contributed by atoms with Gasteiger partial charge in [0.1, 0.15) is 36.7 Å². The molecule has 2 atom stereocenters. The number of rotatable bonds is 4. The highest BCUT2D eigenvalue weighted by Gasteiger charge is 2.29. The van der Waals surface area contributed by atoms with Gasteiger partial charge in [-0.25, -0.2) is 9.97 Å². The quantitative estimate of drug-likeness (QED) is 0.488. The molecule has 0 spiro atoms. The van der Waals surface area contributed by atoms with E-state index in [1.807, 2.05) is 47.9 Å². The largest absolute Gasteiger partial charge is 0.542 e. The average molecular weight is 465 g/mol. The van der Waals surface area contributed by atoms with Gasteiger partial charge in [0, 0.05) is 18.3 Å². The number of carboxylic acids is 1. The zero-order valence-corrected chi connectivity index (χ0v) is 17.6. The van der Waals surface area contributed by atoms with Crippen LogP contribution in [0.3, 0.4) is 0 Å². The Morgan fingerprint density at radius 1 is 1.24 bits per heavy atom. The Morgan fingerprint density at radius 3 is 2.58 bits per heavy atom. The SMILES string of the molecule is Cc1cccc(NC(=O)c2nc(C[NH+]3CCC(O)C3)c3ccccn23)n1.O=C([O-])C(F)(F)F. The van der Waals surface area contributed by atoms with Gasteiger partial charge in [0.15, 0.2) is 0 Å². The third-order valence-electron chi connectivity index (χ3n) is 4.96.